The number of phenols is 2. The molecule has 0 spiro atoms. The summed E-state index contributed by atoms with van der Waals surface area (Å²) in [5.74, 6) is 2.35. The molecule has 10 rings (SSSR count). The van der Waals surface area contributed by atoms with Crippen molar-refractivity contribution >= 4 is 0 Å². The van der Waals surface area contributed by atoms with Gasteiger partial charge in [0.05, 0.1) is 13.2 Å². The molecule has 0 saturated heterocycles. The smallest absolute Gasteiger partial charge is 0.131 e. The van der Waals surface area contributed by atoms with E-state index in [0.29, 0.717) is 31.1 Å². The van der Waals surface area contributed by atoms with Gasteiger partial charge in [-0.05, 0) is 270 Å². The van der Waals surface area contributed by atoms with E-state index in [1.54, 1.807) is 0 Å². The van der Waals surface area contributed by atoms with Gasteiger partial charge in [0.25, 0.3) is 0 Å². The third-order valence-electron chi connectivity index (χ3n) is 15.2. The number of hydrogen-bond acceptors (Lipinski definition) is 4. The van der Waals surface area contributed by atoms with E-state index in [1.165, 1.54) is 107 Å². The van der Waals surface area contributed by atoms with Crippen molar-refractivity contribution in [1.82, 2.24) is 0 Å². The van der Waals surface area contributed by atoms with Crippen molar-refractivity contribution in [1.29, 1.82) is 0 Å². The Bertz CT molecular complexity index is 2580. The highest BCUT2D eigenvalue weighted by Gasteiger charge is 2.29. The van der Waals surface area contributed by atoms with Crippen LogP contribution in [-0.2, 0) is 51.4 Å². The van der Waals surface area contributed by atoms with Gasteiger partial charge in [-0.2, -0.15) is 0 Å². The molecule has 336 valence electrons. The molecule has 65 heavy (non-hydrogen) atoms. The molecule has 0 radical (unpaired) electrons. The highest BCUT2D eigenvalue weighted by Crippen LogP contribution is 2.50. The second kappa shape index (κ2) is 18.1. The van der Waals surface area contributed by atoms with Gasteiger partial charge < -0.3 is 19.7 Å². The van der Waals surface area contributed by atoms with Gasteiger partial charge in [-0.15, -0.1) is 0 Å². The Balaban J connectivity index is 0.937. The molecule has 0 heterocycles. The molecular formula is C61H68O4. The van der Waals surface area contributed by atoms with Gasteiger partial charge in [-0.25, -0.2) is 0 Å². The second-order valence-corrected chi connectivity index (χ2v) is 20.3. The molecule has 0 saturated carbocycles. The van der Waals surface area contributed by atoms with Crippen LogP contribution in [0.1, 0.15) is 136 Å². The molecule has 4 aliphatic rings. The van der Waals surface area contributed by atoms with E-state index in [9.17, 15) is 10.2 Å². The normalized spacial score (nSPS) is 15.5. The number of fused-ring (bicyclic) bond motifs is 4. The van der Waals surface area contributed by atoms with Crippen molar-refractivity contribution in [3.63, 3.8) is 0 Å². The minimum Gasteiger partial charge on any atom is -0.507 e. The zero-order valence-electron chi connectivity index (χ0n) is 39.9. The molecule has 0 amide bonds. The predicted molar refractivity (Wildman–Crippen MR) is 269 cm³/mol. The first-order valence-corrected chi connectivity index (χ1v) is 25.0. The van der Waals surface area contributed by atoms with Gasteiger partial charge in [0.1, 0.15) is 23.0 Å². The Kier molecular flexibility index (Phi) is 12.1. The zero-order chi connectivity index (χ0) is 44.9. The van der Waals surface area contributed by atoms with Crippen molar-refractivity contribution in [3.8, 4) is 67.5 Å². The van der Waals surface area contributed by atoms with Crippen molar-refractivity contribution in [2.45, 2.75) is 151 Å². The van der Waals surface area contributed by atoms with Crippen LogP contribution >= 0.6 is 0 Å². The van der Waals surface area contributed by atoms with Gasteiger partial charge in [0.15, 0.2) is 0 Å². The fraction of sp³-hybridized carbons (Fsp3) is 0.410. The fourth-order valence-corrected chi connectivity index (χ4v) is 12.4. The molecule has 2 N–H and O–H groups in total. The Labute approximate surface area is 388 Å². The topological polar surface area (TPSA) is 58.9 Å². The first-order valence-electron chi connectivity index (χ1n) is 25.0. The Morgan fingerprint density at radius 1 is 0.354 bits per heavy atom. The quantitative estimate of drug-likeness (QED) is 0.135. The number of hydrogen-bond donors (Lipinski definition) is 2. The maximum absolute atomic E-state index is 12.5. The van der Waals surface area contributed by atoms with Gasteiger partial charge in [-0.1, -0.05) is 24.3 Å². The number of aromatic hydroxyl groups is 2. The second-order valence-electron chi connectivity index (χ2n) is 20.3. The minimum absolute atomic E-state index is 0.359. The van der Waals surface area contributed by atoms with Crippen LogP contribution in [0.3, 0.4) is 0 Å². The van der Waals surface area contributed by atoms with Crippen LogP contribution < -0.4 is 9.47 Å². The van der Waals surface area contributed by atoms with Crippen molar-refractivity contribution in [2.24, 2.45) is 0 Å². The maximum atomic E-state index is 12.5. The molecule has 4 nitrogen and oxygen atoms in total. The average molecular weight is 865 g/mol. The first-order chi connectivity index (χ1) is 31.5. The monoisotopic (exact) mass is 865 g/mol. The van der Waals surface area contributed by atoms with Crippen molar-refractivity contribution in [2.75, 3.05) is 13.2 Å². The molecule has 0 unspecified atom stereocenters. The Hall–Kier alpha value is -5.48. The van der Waals surface area contributed by atoms with E-state index in [0.717, 1.165) is 130 Å². The summed E-state index contributed by atoms with van der Waals surface area (Å²) in [6.07, 6.45) is 19.3. The minimum atomic E-state index is 0.359. The molecule has 6 aromatic carbocycles. The Morgan fingerprint density at radius 2 is 0.646 bits per heavy atom. The summed E-state index contributed by atoms with van der Waals surface area (Å²) in [5, 5.41) is 24.9. The lowest BCUT2D eigenvalue weighted by Crippen LogP contribution is -2.13. The first kappa shape index (κ1) is 43.4. The highest BCUT2D eigenvalue weighted by molar-refractivity contribution is 5.90. The summed E-state index contributed by atoms with van der Waals surface area (Å²) in [5.41, 5.74) is 26.6. The number of ether oxygens (including phenoxy) is 2. The van der Waals surface area contributed by atoms with E-state index < -0.39 is 0 Å². The van der Waals surface area contributed by atoms with Gasteiger partial charge in [-0.3, -0.25) is 0 Å². The van der Waals surface area contributed by atoms with Crippen LogP contribution in [0.15, 0.2) is 60.7 Å². The molecule has 0 bridgehead atoms. The van der Waals surface area contributed by atoms with E-state index in [2.05, 4.69) is 102 Å². The van der Waals surface area contributed by atoms with E-state index in [-0.39, 0.29) is 0 Å². The van der Waals surface area contributed by atoms with Crippen LogP contribution in [0.4, 0.5) is 0 Å². The Morgan fingerprint density at radius 3 is 1.00 bits per heavy atom. The predicted octanol–water partition coefficient (Wildman–Crippen LogP) is 15.0. The number of phenolic OH excluding ortho intramolecular Hbond substituents is 2. The summed E-state index contributed by atoms with van der Waals surface area (Å²) in [6.45, 7) is 13.7. The van der Waals surface area contributed by atoms with Crippen LogP contribution in [0.2, 0.25) is 0 Å². The maximum Gasteiger partial charge on any atom is 0.131 e. The van der Waals surface area contributed by atoms with E-state index in [4.69, 9.17) is 9.47 Å². The molecule has 6 aromatic rings. The molecule has 0 atom stereocenters. The zero-order valence-corrected chi connectivity index (χ0v) is 39.9. The summed E-state index contributed by atoms with van der Waals surface area (Å²) in [6, 6.07) is 22.4. The van der Waals surface area contributed by atoms with Crippen molar-refractivity contribution in [3.05, 3.63) is 139 Å². The number of benzene rings is 6. The van der Waals surface area contributed by atoms with E-state index >= 15 is 0 Å². The van der Waals surface area contributed by atoms with Crippen LogP contribution in [0.5, 0.6) is 23.0 Å². The van der Waals surface area contributed by atoms with Crippen molar-refractivity contribution < 1.29 is 19.7 Å². The van der Waals surface area contributed by atoms with E-state index in [1.807, 2.05) is 0 Å². The van der Waals surface area contributed by atoms with Crippen LogP contribution in [0.25, 0.3) is 44.5 Å². The molecule has 4 heteroatoms. The molecular weight excluding hydrogens is 797 g/mol. The highest BCUT2D eigenvalue weighted by atomic mass is 16.5. The molecule has 4 aliphatic carbocycles. The standard InChI is InChI=1S/C61H68O4/c1-36-26-40(5)60(52(30-36)50-28-38(3)32-54(58(50)62)56-46-20-11-7-16-42(46)34-43-17-8-12-21-47(43)56)64-24-15-25-65-61-41(6)27-37(2)31-53(61)51-29-39(4)33-55(59(51)63)57-48-22-13-9-18-44(48)35-45-19-10-14-23-49(45)57/h26-35,62-63H,7-25H2,1-6H3. The number of aryl methyl sites for hydroxylation is 10. The lowest BCUT2D eigenvalue weighted by atomic mass is 9.76. The summed E-state index contributed by atoms with van der Waals surface area (Å²) < 4.78 is 13.5. The molecule has 0 aromatic heterocycles. The number of rotatable bonds is 10. The SMILES string of the molecule is Cc1cc(-c2cc(C)cc(C)c2OCCCOc2c(C)cc(C)cc2-c2cc(C)cc(-c3c4c(cc5c3CCCC5)CCCC4)c2O)c(O)c(-c2c3c(cc4c2CCCC4)CCCC3)c1. The van der Waals surface area contributed by atoms with Gasteiger partial charge >= 0.3 is 0 Å². The van der Waals surface area contributed by atoms with Crippen LogP contribution in [0, 0.1) is 41.5 Å². The molecule has 0 aliphatic heterocycles. The summed E-state index contributed by atoms with van der Waals surface area (Å²) in [4.78, 5) is 0. The lowest BCUT2D eigenvalue weighted by Gasteiger charge is -2.29. The lowest BCUT2D eigenvalue weighted by molar-refractivity contribution is 0.247. The van der Waals surface area contributed by atoms with Gasteiger partial charge in [0, 0.05) is 39.8 Å². The third kappa shape index (κ3) is 8.25. The third-order valence-corrected chi connectivity index (χ3v) is 15.2. The fourth-order valence-electron chi connectivity index (χ4n) is 12.4. The summed E-state index contributed by atoms with van der Waals surface area (Å²) in [7, 11) is 0. The summed E-state index contributed by atoms with van der Waals surface area (Å²) >= 11 is 0. The van der Waals surface area contributed by atoms with Crippen LogP contribution in [-0.4, -0.2) is 23.4 Å². The average Bonchev–Trinajstić information content (AvgIpc) is 3.29. The molecule has 0 fully saturated rings. The largest absolute Gasteiger partial charge is 0.507 e. The van der Waals surface area contributed by atoms with Gasteiger partial charge in [0.2, 0.25) is 0 Å².